The number of nitrogens with one attached hydrogen (secondary N) is 3. The molecule has 9 N–H and O–H groups in total. The Morgan fingerprint density at radius 3 is 1.78 bits per heavy atom. The molecule has 9 rings (SSSR count). The molecule has 54 heavy (non-hydrogen) atoms. The second-order valence-electron chi connectivity index (χ2n) is 15.4. The Kier molecular flexibility index (Phi) is 10.1. The van der Waals surface area contributed by atoms with Gasteiger partial charge in [-0.15, -0.1) is 0 Å². The Hall–Kier alpha value is -5.46. The molecule has 0 saturated heterocycles. The number of hydrogen-bond acceptors (Lipinski definition) is 6. The summed E-state index contributed by atoms with van der Waals surface area (Å²) in [6.45, 7) is 5.86. The van der Waals surface area contributed by atoms with Crippen LogP contribution >= 0.6 is 0 Å². The van der Waals surface area contributed by atoms with Gasteiger partial charge in [-0.1, -0.05) is 24.3 Å². The Labute approximate surface area is 312 Å². The molecular formula is C42H48N6O6. The number of rotatable bonds is 10. The van der Waals surface area contributed by atoms with Gasteiger partial charge in [-0.2, -0.15) is 0 Å². The zero-order valence-corrected chi connectivity index (χ0v) is 30.9. The number of carboxylic acids is 2. The van der Waals surface area contributed by atoms with Crippen molar-refractivity contribution in [2.45, 2.75) is 102 Å². The zero-order valence-electron chi connectivity index (χ0n) is 30.9. The number of hydrogen-bond donors (Lipinski definition) is 7. The lowest BCUT2D eigenvalue weighted by molar-refractivity contribution is -0.383. The first kappa shape index (κ1) is 36.9. The number of nitrogens with two attached hydrogens (primary N) is 2. The Balaban J connectivity index is 0.000000129. The molecule has 0 aliphatic heterocycles. The van der Waals surface area contributed by atoms with Gasteiger partial charge in [-0.3, -0.25) is 19.7 Å². The Morgan fingerprint density at radius 1 is 0.704 bits per heavy atom. The second-order valence-corrected chi connectivity index (χ2v) is 15.4. The third kappa shape index (κ3) is 8.04. The zero-order chi connectivity index (χ0) is 38.4. The van der Waals surface area contributed by atoms with Crippen LogP contribution in [0.4, 0.5) is 5.69 Å². The largest absolute Gasteiger partial charge is 0.480 e. The van der Waals surface area contributed by atoms with Crippen molar-refractivity contribution in [1.82, 2.24) is 15.0 Å². The molecule has 3 saturated carbocycles. The summed E-state index contributed by atoms with van der Waals surface area (Å²) in [5, 5.41) is 32.3. The summed E-state index contributed by atoms with van der Waals surface area (Å²) in [5.74, 6) is -0.100. The van der Waals surface area contributed by atoms with Crippen molar-refractivity contribution in [3.8, 4) is 0 Å². The minimum Gasteiger partial charge on any atom is -0.480 e. The summed E-state index contributed by atoms with van der Waals surface area (Å²) >= 11 is 0. The van der Waals surface area contributed by atoms with Gasteiger partial charge in [0.2, 0.25) is 0 Å². The van der Waals surface area contributed by atoms with Gasteiger partial charge in [0.15, 0.2) is 0 Å². The van der Waals surface area contributed by atoms with Crippen molar-refractivity contribution < 1.29 is 24.7 Å². The van der Waals surface area contributed by atoms with Crippen LogP contribution in [0.15, 0.2) is 54.6 Å². The topological polar surface area (TPSA) is 217 Å². The van der Waals surface area contributed by atoms with E-state index in [0.29, 0.717) is 28.8 Å². The summed E-state index contributed by atoms with van der Waals surface area (Å²) in [5.41, 5.74) is 22.8. The maximum Gasteiger partial charge on any atom is 0.320 e. The van der Waals surface area contributed by atoms with Crippen molar-refractivity contribution in [1.29, 1.82) is 0 Å². The van der Waals surface area contributed by atoms with Crippen molar-refractivity contribution in [3.63, 3.8) is 0 Å². The number of nitrogens with zero attached hydrogens (tertiary/aromatic N) is 1. The average molecular weight is 733 g/mol. The summed E-state index contributed by atoms with van der Waals surface area (Å²) in [6, 6.07) is 17.1. The predicted molar refractivity (Wildman–Crippen MR) is 210 cm³/mol. The number of H-pyrrole nitrogens is 3. The van der Waals surface area contributed by atoms with E-state index in [9.17, 15) is 19.7 Å². The van der Waals surface area contributed by atoms with E-state index in [4.69, 9.17) is 21.7 Å². The van der Waals surface area contributed by atoms with Gasteiger partial charge in [0.1, 0.15) is 12.1 Å². The van der Waals surface area contributed by atoms with Crippen LogP contribution in [-0.2, 0) is 22.4 Å². The molecule has 6 aromatic rings. The molecule has 282 valence electrons. The van der Waals surface area contributed by atoms with Crippen LogP contribution in [0.3, 0.4) is 0 Å². The standard InChI is InChI=1S/C15H17N3O4.C15H18N2O2.C12H13N/c1-7-10(6-11(16)15(19)20)14-12(17-7)4-9(8-2-3-8)5-13(14)18(21)22;1-8-12(7-13(16)15(18)19)11-5-4-10(9-2-3-9)6-14(11)17-8;1-8-6-11-5-4-10(9-2-3-9)7-12(11)13-8/h4-5,8,11,17H,2-3,6,16H2,1H3,(H,19,20);4-6,9,13,17H,2-3,7,16H2,1H3,(H,18,19);4-7,9,13H,2-3H2,1H3. The lowest BCUT2D eigenvalue weighted by Crippen LogP contribution is -2.32. The summed E-state index contributed by atoms with van der Waals surface area (Å²) < 4.78 is 0. The molecule has 0 radical (unpaired) electrons. The maximum absolute atomic E-state index is 11.4. The van der Waals surface area contributed by atoms with Crippen molar-refractivity contribution >= 4 is 50.3 Å². The summed E-state index contributed by atoms with van der Waals surface area (Å²) in [6.07, 6.45) is 7.85. The van der Waals surface area contributed by atoms with E-state index in [1.807, 2.05) is 13.0 Å². The highest BCUT2D eigenvalue weighted by molar-refractivity contribution is 5.94. The third-order valence-electron chi connectivity index (χ3n) is 11.0. The number of non-ortho nitro benzene ring substituents is 1. The molecule has 12 heteroatoms. The maximum atomic E-state index is 11.4. The van der Waals surface area contributed by atoms with Gasteiger partial charge in [-0.05, 0) is 135 Å². The molecule has 0 spiro atoms. The summed E-state index contributed by atoms with van der Waals surface area (Å²) in [4.78, 5) is 42.8. The van der Waals surface area contributed by atoms with Gasteiger partial charge >= 0.3 is 11.9 Å². The molecule has 3 aliphatic rings. The minimum absolute atomic E-state index is 0.0244. The number of aromatic nitrogens is 3. The fraction of sp³-hybridized carbons (Fsp3) is 0.381. The normalized spacial score (nSPS) is 16.4. The average Bonchev–Trinajstić information content (AvgIpc) is 4.02. The number of aryl methyl sites for hydroxylation is 3. The SMILES string of the molecule is Cc1[nH]c2cc(C3CC3)cc([N+](=O)[O-])c2c1CC(N)C(=O)O.Cc1[nH]c2cc(C3CC3)ccc2c1CC(N)C(=O)O.Cc1cc2ccc(C3CC3)cc2[nH]1. The first-order chi connectivity index (χ1) is 25.8. The smallest absolute Gasteiger partial charge is 0.320 e. The molecule has 3 aromatic carbocycles. The Bertz CT molecular complexity index is 2390. The molecule has 12 nitrogen and oxygen atoms in total. The minimum atomic E-state index is -1.12. The Morgan fingerprint density at radius 2 is 1.20 bits per heavy atom. The van der Waals surface area contributed by atoms with E-state index < -0.39 is 28.9 Å². The van der Waals surface area contributed by atoms with E-state index in [0.717, 1.165) is 58.1 Å². The number of carbonyl (C=O) groups is 2. The molecule has 3 aliphatic carbocycles. The van der Waals surface area contributed by atoms with Crippen LogP contribution in [0.2, 0.25) is 0 Å². The number of benzene rings is 3. The van der Waals surface area contributed by atoms with Gasteiger partial charge in [0.05, 0.1) is 15.8 Å². The van der Waals surface area contributed by atoms with Gasteiger partial charge in [-0.25, -0.2) is 0 Å². The van der Waals surface area contributed by atoms with E-state index in [1.54, 1.807) is 13.0 Å². The predicted octanol–water partition coefficient (Wildman–Crippen LogP) is 7.88. The van der Waals surface area contributed by atoms with Crippen molar-refractivity contribution in [2.75, 3.05) is 0 Å². The van der Waals surface area contributed by atoms with Crippen LogP contribution < -0.4 is 11.5 Å². The number of aliphatic carboxylic acids is 2. The first-order valence-electron chi connectivity index (χ1n) is 18.7. The number of carboxylic acid groups (broad SMARTS) is 2. The van der Waals surface area contributed by atoms with Crippen molar-refractivity contribution in [3.05, 3.63) is 110 Å². The number of aromatic amines is 3. The van der Waals surface area contributed by atoms with E-state index in [2.05, 4.69) is 64.3 Å². The fourth-order valence-corrected chi connectivity index (χ4v) is 7.50. The molecule has 2 atom stereocenters. The highest BCUT2D eigenvalue weighted by atomic mass is 16.6. The van der Waals surface area contributed by atoms with Crippen LogP contribution in [0, 0.1) is 30.9 Å². The molecule has 0 bridgehead atoms. The van der Waals surface area contributed by atoms with Gasteiger partial charge < -0.3 is 36.6 Å². The lowest BCUT2D eigenvalue weighted by atomic mass is 9.99. The third-order valence-corrected chi connectivity index (χ3v) is 11.0. The highest BCUT2D eigenvalue weighted by Crippen LogP contribution is 2.44. The van der Waals surface area contributed by atoms with Crippen LogP contribution in [0.1, 0.15) is 101 Å². The fourth-order valence-electron chi connectivity index (χ4n) is 7.50. The van der Waals surface area contributed by atoms with Crippen LogP contribution in [-0.4, -0.2) is 54.1 Å². The van der Waals surface area contributed by atoms with E-state index in [1.165, 1.54) is 53.4 Å². The monoisotopic (exact) mass is 732 g/mol. The second kappa shape index (κ2) is 14.8. The molecule has 0 amide bonds. The number of fused-ring (bicyclic) bond motifs is 3. The quantitative estimate of drug-likeness (QED) is 0.0541. The van der Waals surface area contributed by atoms with E-state index in [-0.39, 0.29) is 12.1 Å². The highest BCUT2D eigenvalue weighted by Gasteiger charge is 2.30. The van der Waals surface area contributed by atoms with Crippen LogP contribution in [0.5, 0.6) is 0 Å². The molecule has 3 aromatic heterocycles. The molecular weight excluding hydrogens is 684 g/mol. The van der Waals surface area contributed by atoms with E-state index >= 15 is 0 Å². The van der Waals surface area contributed by atoms with Gasteiger partial charge in [0.25, 0.3) is 5.69 Å². The lowest BCUT2D eigenvalue weighted by Gasteiger charge is -2.07. The molecule has 3 heterocycles. The molecule has 2 unspecified atom stereocenters. The number of nitro groups is 1. The first-order valence-corrected chi connectivity index (χ1v) is 18.7. The number of nitro benzene ring substituents is 1. The molecule has 3 fully saturated rings. The van der Waals surface area contributed by atoms with Crippen molar-refractivity contribution in [2.24, 2.45) is 11.5 Å². The van der Waals surface area contributed by atoms with Gasteiger partial charge in [0, 0.05) is 52.4 Å². The van der Waals surface area contributed by atoms with Crippen LogP contribution in [0.25, 0.3) is 32.7 Å². The summed E-state index contributed by atoms with van der Waals surface area (Å²) in [7, 11) is 0.